The van der Waals surface area contributed by atoms with E-state index in [2.05, 4.69) is 27.9 Å². The highest BCUT2D eigenvalue weighted by Crippen LogP contribution is 2.17. The van der Waals surface area contributed by atoms with E-state index in [1.807, 2.05) is 19.1 Å². The summed E-state index contributed by atoms with van der Waals surface area (Å²) in [5.41, 5.74) is 1.63. The van der Waals surface area contributed by atoms with Crippen LogP contribution in [0, 0.1) is 6.92 Å². The first-order valence-electron chi connectivity index (χ1n) is 6.25. The molecule has 0 aromatic heterocycles. The van der Waals surface area contributed by atoms with E-state index in [0.29, 0.717) is 10.6 Å². The molecule has 0 heterocycles. The summed E-state index contributed by atoms with van der Waals surface area (Å²) in [5.74, 6) is -0.0751. The molecule has 0 atom stereocenters. The Morgan fingerprint density at radius 1 is 1.28 bits per heavy atom. The van der Waals surface area contributed by atoms with Crippen molar-refractivity contribution in [3.8, 4) is 0 Å². The zero-order valence-corrected chi connectivity index (χ0v) is 13.6. The number of benzene rings is 1. The monoisotopic (exact) mass is 379 g/mol. The van der Waals surface area contributed by atoms with E-state index in [-0.39, 0.29) is 5.91 Å². The Morgan fingerprint density at radius 2 is 2.00 bits per heavy atom. The number of carbonyl (C=O) groups excluding carboxylic acids is 1. The van der Waals surface area contributed by atoms with Gasteiger partial charge in [-0.1, -0.05) is 53.1 Å². The molecule has 0 saturated carbocycles. The van der Waals surface area contributed by atoms with Crippen molar-refractivity contribution in [1.29, 1.82) is 0 Å². The van der Waals surface area contributed by atoms with Gasteiger partial charge >= 0.3 is 0 Å². The van der Waals surface area contributed by atoms with E-state index >= 15 is 0 Å². The lowest BCUT2D eigenvalue weighted by Crippen LogP contribution is -2.24. The Kier molecular flexibility index (Phi) is 7.66. The molecule has 18 heavy (non-hydrogen) atoms. The number of aryl methyl sites for hydroxylation is 1. The molecule has 0 aliphatic carbocycles. The molecule has 0 radical (unpaired) electrons. The zero-order valence-electron chi connectivity index (χ0n) is 10.6. The second-order valence-corrected chi connectivity index (χ2v) is 5.83. The van der Waals surface area contributed by atoms with Crippen molar-refractivity contribution in [3.05, 3.63) is 34.3 Å². The number of halogens is 2. The normalized spacial score (nSPS) is 10.4. The highest BCUT2D eigenvalue weighted by Gasteiger charge is 2.09. The third-order valence-corrected chi connectivity index (χ3v) is 3.79. The van der Waals surface area contributed by atoms with Gasteiger partial charge in [-0.05, 0) is 41.9 Å². The van der Waals surface area contributed by atoms with E-state index in [9.17, 15) is 4.79 Å². The van der Waals surface area contributed by atoms with Crippen LogP contribution in [0.1, 0.15) is 41.6 Å². The summed E-state index contributed by atoms with van der Waals surface area (Å²) in [5, 5.41) is 3.44. The van der Waals surface area contributed by atoms with Gasteiger partial charge in [-0.15, -0.1) is 0 Å². The van der Waals surface area contributed by atoms with Crippen molar-refractivity contribution >= 4 is 40.1 Å². The van der Waals surface area contributed by atoms with E-state index in [0.717, 1.165) is 18.5 Å². The number of unbranched alkanes of at least 4 members (excludes halogenated alkanes) is 3. The second-order valence-electron chi connectivity index (χ2n) is 4.34. The van der Waals surface area contributed by atoms with Crippen molar-refractivity contribution < 1.29 is 4.79 Å². The quantitative estimate of drug-likeness (QED) is 0.425. The van der Waals surface area contributed by atoms with Gasteiger partial charge < -0.3 is 5.32 Å². The molecule has 0 aliphatic heterocycles. The van der Waals surface area contributed by atoms with Gasteiger partial charge in [0.15, 0.2) is 0 Å². The highest BCUT2D eigenvalue weighted by molar-refractivity contribution is 14.1. The number of carbonyl (C=O) groups is 1. The minimum Gasteiger partial charge on any atom is -0.352 e. The number of nitrogens with one attached hydrogen (secondary N) is 1. The van der Waals surface area contributed by atoms with Gasteiger partial charge in [0.05, 0.1) is 10.6 Å². The summed E-state index contributed by atoms with van der Waals surface area (Å²) in [6, 6.07) is 5.50. The number of hydrogen-bond acceptors (Lipinski definition) is 1. The fraction of sp³-hybridized carbons (Fsp3) is 0.500. The van der Waals surface area contributed by atoms with Gasteiger partial charge in [0, 0.05) is 6.54 Å². The lowest BCUT2D eigenvalue weighted by Gasteiger charge is -2.07. The molecule has 0 aliphatic rings. The van der Waals surface area contributed by atoms with E-state index in [4.69, 9.17) is 11.6 Å². The predicted octanol–water partition coefficient (Wildman–Crippen LogP) is 4.37. The SMILES string of the molecule is Cc1ccc(C(=O)NCCCCCCI)c(Cl)c1. The third kappa shape index (κ3) is 5.57. The standard InChI is InChI=1S/C14H19ClINO/c1-11-6-7-12(13(15)10-11)14(18)17-9-5-3-2-4-8-16/h6-7,10H,2-5,8-9H2,1H3,(H,17,18). The summed E-state index contributed by atoms with van der Waals surface area (Å²) in [7, 11) is 0. The van der Waals surface area contributed by atoms with Crippen LogP contribution in [0.3, 0.4) is 0 Å². The lowest BCUT2D eigenvalue weighted by molar-refractivity contribution is 0.0953. The van der Waals surface area contributed by atoms with E-state index in [1.54, 1.807) is 6.07 Å². The molecular weight excluding hydrogens is 361 g/mol. The van der Waals surface area contributed by atoms with Crippen molar-refractivity contribution in [2.45, 2.75) is 32.6 Å². The molecule has 1 aromatic rings. The summed E-state index contributed by atoms with van der Waals surface area (Å²) >= 11 is 8.43. The first-order valence-corrected chi connectivity index (χ1v) is 8.16. The van der Waals surface area contributed by atoms with Gasteiger partial charge in [0.25, 0.3) is 5.91 Å². The first-order chi connectivity index (χ1) is 8.65. The molecule has 2 nitrogen and oxygen atoms in total. The molecule has 0 bridgehead atoms. The van der Waals surface area contributed by atoms with Gasteiger partial charge in [-0.3, -0.25) is 4.79 Å². The van der Waals surface area contributed by atoms with Crippen molar-refractivity contribution in [1.82, 2.24) is 5.32 Å². The number of amides is 1. The number of hydrogen-bond donors (Lipinski definition) is 1. The first kappa shape index (κ1) is 15.8. The Morgan fingerprint density at radius 3 is 2.67 bits per heavy atom. The second kappa shape index (κ2) is 8.75. The van der Waals surface area contributed by atoms with Crippen molar-refractivity contribution in [2.24, 2.45) is 0 Å². The molecule has 0 saturated heterocycles. The van der Waals surface area contributed by atoms with Crippen LogP contribution in [0.25, 0.3) is 0 Å². The fourth-order valence-electron chi connectivity index (χ4n) is 1.67. The van der Waals surface area contributed by atoms with Crippen LogP contribution < -0.4 is 5.32 Å². The topological polar surface area (TPSA) is 29.1 Å². The Hall–Kier alpha value is -0.290. The molecular formula is C14H19ClINO. The molecule has 0 spiro atoms. The minimum atomic E-state index is -0.0751. The van der Waals surface area contributed by atoms with E-state index in [1.165, 1.54) is 23.7 Å². The van der Waals surface area contributed by atoms with Gasteiger partial charge in [-0.25, -0.2) is 0 Å². The molecule has 4 heteroatoms. The van der Waals surface area contributed by atoms with Gasteiger partial charge in [0.2, 0.25) is 0 Å². The number of alkyl halides is 1. The van der Waals surface area contributed by atoms with Gasteiger partial charge in [-0.2, -0.15) is 0 Å². The maximum absolute atomic E-state index is 11.9. The molecule has 1 amide bonds. The van der Waals surface area contributed by atoms with Gasteiger partial charge in [0.1, 0.15) is 0 Å². The minimum absolute atomic E-state index is 0.0751. The zero-order chi connectivity index (χ0) is 13.4. The predicted molar refractivity (Wildman–Crippen MR) is 85.9 cm³/mol. The molecule has 1 rings (SSSR count). The average Bonchev–Trinajstić information content (AvgIpc) is 2.33. The van der Waals surface area contributed by atoms with E-state index < -0.39 is 0 Å². The van der Waals surface area contributed by atoms with Crippen molar-refractivity contribution in [3.63, 3.8) is 0 Å². The molecule has 1 N–H and O–H groups in total. The molecule has 0 unspecified atom stereocenters. The fourth-order valence-corrected chi connectivity index (χ4v) is 2.53. The van der Waals surface area contributed by atoms with Crippen LogP contribution in [0.2, 0.25) is 5.02 Å². The van der Waals surface area contributed by atoms with Crippen LogP contribution in [0.15, 0.2) is 18.2 Å². The van der Waals surface area contributed by atoms with Crippen LogP contribution in [0.4, 0.5) is 0 Å². The summed E-state index contributed by atoms with van der Waals surface area (Å²) < 4.78 is 1.21. The maximum Gasteiger partial charge on any atom is 0.252 e. The maximum atomic E-state index is 11.9. The molecule has 0 fully saturated rings. The van der Waals surface area contributed by atoms with Crippen LogP contribution in [-0.2, 0) is 0 Å². The average molecular weight is 380 g/mol. The Balaban J connectivity index is 2.32. The van der Waals surface area contributed by atoms with Crippen LogP contribution in [0.5, 0.6) is 0 Å². The highest BCUT2D eigenvalue weighted by atomic mass is 127. The smallest absolute Gasteiger partial charge is 0.252 e. The lowest BCUT2D eigenvalue weighted by atomic mass is 10.1. The Labute approximate surface area is 128 Å². The summed E-state index contributed by atoms with van der Waals surface area (Å²) in [6.07, 6.45) is 4.71. The molecule has 1 aromatic carbocycles. The number of rotatable bonds is 7. The summed E-state index contributed by atoms with van der Waals surface area (Å²) in [4.78, 5) is 11.9. The molecule has 100 valence electrons. The van der Waals surface area contributed by atoms with Crippen molar-refractivity contribution in [2.75, 3.05) is 11.0 Å². The third-order valence-electron chi connectivity index (χ3n) is 2.72. The largest absolute Gasteiger partial charge is 0.352 e. The Bertz CT molecular complexity index is 395. The van der Waals surface area contributed by atoms with Crippen LogP contribution in [-0.4, -0.2) is 16.9 Å². The van der Waals surface area contributed by atoms with Crippen LogP contribution >= 0.6 is 34.2 Å². The summed E-state index contributed by atoms with van der Waals surface area (Å²) in [6.45, 7) is 2.69.